The molecule has 1 atom stereocenters. The lowest BCUT2D eigenvalue weighted by Crippen LogP contribution is -2.32. The van der Waals surface area contributed by atoms with Gasteiger partial charge < -0.3 is 9.88 Å². The summed E-state index contributed by atoms with van der Waals surface area (Å²) < 4.78 is 2.33. The second kappa shape index (κ2) is 8.44. The SMILES string of the molecule is CC(CCc1cn(Cc2ccccc2)c2ccccc12)NC(=O)c1cccs1. The van der Waals surface area contributed by atoms with Crippen LogP contribution in [0.1, 0.15) is 34.1 Å². The lowest BCUT2D eigenvalue weighted by atomic mass is 10.1. The van der Waals surface area contributed by atoms with E-state index in [4.69, 9.17) is 0 Å². The van der Waals surface area contributed by atoms with E-state index < -0.39 is 0 Å². The summed E-state index contributed by atoms with van der Waals surface area (Å²) in [5.41, 5.74) is 3.90. The Balaban J connectivity index is 1.47. The largest absolute Gasteiger partial charge is 0.349 e. The first-order valence-corrected chi connectivity index (χ1v) is 10.5. The number of aryl methyl sites for hydroxylation is 1. The van der Waals surface area contributed by atoms with Gasteiger partial charge in [0.15, 0.2) is 0 Å². The maximum Gasteiger partial charge on any atom is 0.261 e. The Labute approximate surface area is 169 Å². The number of carbonyl (C=O) groups excluding carboxylic acids is 1. The number of thiophene rings is 1. The van der Waals surface area contributed by atoms with E-state index in [2.05, 4.69) is 77.6 Å². The van der Waals surface area contributed by atoms with Gasteiger partial charge in [0, 0.05) is 29.7 Å². The molecule has 0 saturated carbocycles. The molecule has 0 aliphatic heterocycles. The molecule has 4 aromatic rings. The Bertz CT molecular complexity index is 1050. The zero-order chi connectivity index (χ0) is 19.3. The van der Waals surface area contributed by atoms with Crippen molar-refractivity contribution in [1.82, 2.24) is 9.88 Å². The van der Waals surface area contributed by atoms with Gasteiger partial charge in [-0.1, -0.05) is 54.6 Å². The van der Waals surface area contributed by atoms with Crippen LogP contribution < -0.4 is 5.32 Å². The minimum atomic E-state index is 0.0222. The van der Waals surface area contributed by atoms with Gasteiger partial charge in [-0.05, 0) is 48.4 Å². The summed E-state index contributed by atoms with van der Waals surface area (Å²) in [7, 11) is 0. The van der Waals surface area contributed by atoms with Crippen LogP contribution in [0.2, 0.25) is 0 Å². The third-order valence-electron chi connectivity index (χ3n) is 5.04. The number of nitrogens with zero attached hydrogens (tertiary/aromatic N) is 1. The van der Waals surface area contributed by atoms with E-state index in [1.165, 1.54) is 33.4 Å². The van der Waals surface area contributed by atoms with Crippen LogP contribution in [0.5, 0.6) is 0 Å². The fourth-order valence-corrected chi connectivity index (χ4v) is 4.21. The van der Waals surface area contributed by atoms with Crippen molar-refractivity contribution in [2.45, 2.75) is 32.4 Å². The second-order valence-corrected chi connectivity index (χ2v) is 8.12. The van der Waals surface area contributed by atoms with Crippen molar-refractivity contribution >= 4 is 28.1 Å². The van der Waals surface area contributed by atoms with Crippen molar-refractivity contribution in [3.05, 3.63) is 94.3 Å². The number of rotatable bonds is 7. The van der Waals surface area contributed by atoms with E-state index in [0.717, 1.165) is 24.3 Å². The predicted molar refractivity (Wildman–Crippen MR) is 117 cm³/mol. The molecule has 2 heterocycles. The predicted octanol–water partition coefficient (Wildman–Crippen LogP) is 5.50. The monoisotopic (exact) mass is 388 g/mol. The maximum atomic E-state index is 12.2. The summed E-state index contributed by atoms with van der Waals surface area (Å²) in [5.74, 6) is 0.0222. The molecule has 1 unspecified atom stereocenters. The number of carbonyl (C=O) groups is 1. The highest BCUT2D eigenvalue weighted by Crippen LogP contribution is 2.24. The fourth-order valence-electron chi connectivity index (χ4n) is 3.58. The number of para-hydroxylation sites is 1. The topological polar surface area (TPSA) is 34.0 Å². The second-order valence-electron chi connectivity index (χ2n) is 7.18. The molecular formula is C24H24N2OS. The molecule has 0 saturated heterocycles. The summed E-state index contributed by atoms with van der Waals surface area (Å²) in [6.07, 6.45) is 4.12. The number of hydrogen-bond acceptors (Lipinski definition) is 2. The van der Waals surface area contributed by atoms with E-state index in [9.17, 15) is 4.79 Å². The highest BCUT2D eigenvalue weighted by Gasteiger charge is 2.13. The van der Waals surface area contributed by atoms with Crippen LogP contribution in [-0.2, 0) is 13.0 Å². The van der Waals surface area contributed by atoms with E-state index in [-0.39, 0.29) is 11.9 Å². The smallest absolute Gasteiger partial charge is 0.261 e. The van der Waals surface area contributed by atoms with E-state index in [0.29, 0.717) is 0 Å². The molecular weight excluding hydrogens is 364 g/mol. The van der Waals surface area contributed by atoms with Crippen molar-refractivity contribution < 1.29 is 4.79 Å². The van der Waals surface area contributed by atoms with E-state index in [1.54, 1.807) is 0 Å². The van der Waals surface area contributed by atoms with Gasteiger partial charge in [0.25, 0.3) is 5.91 Å². The molecule has 2 aromatic carbocycles. The molecule has 0 aliphatic carbocycles. The number of hydrogen-bond donors (Lipinski definition) is 1. The molecule has 0 bridgehead atoms. The number of fused-ring (bicyclic) bond motifs is 1. The Hall–Kier alpha value is -2.85. The molecule has 4 heteroatoms. The number of amides is 1. The van der Waals surface area contributed by atoms with Crippen LogP contribution in [0.4, 0.5) is 0 Å². The molecule has 1 amide bonds. The summed E-state index contributed by atoms with van der Waals surface area (Å²) >= 11 is 1.48. The average molecular weight is 389 g/mol. The van der Waals surface area contributed by atoms with Gasteiger partial charge in [-0.15, -0.1) is 11.3 Å². The Morgan fingerprint density at radius 1 is 1.04 bits per heavy atom. The lowest BCUT2D eigenvalue weighted by molar-refractivity contribution is 0.0942. The minimum absolute atomic E-state index is 0.0222. The number of benzene rings is 2. The van der Waals surface area contributed by atoms with Gasteiger partial charge in [-0.3, -0.25) is 4.79 Å². The lowest BCUT2D eigenvalue weighted by Gasteiger charge is -2.12. The van der Waals surface area contributed by atoms with Crippen LogP contribution in [0.25, 0.3) is 10.9 Å². The Morgan fingerprint density at radius 3 is 2.61 bits per heavy atom. The third kappa shape index (κ3) is 4.18. The molecule has 3 nitrogen and oxygen atoms in total. The molecule has 0 fully saturated rings. The summed E-state index contributed by atoms with van der Waals surface area (Å²) in [4.78, 5) is 13.0. The van der Waals surface area contributed by atoms with Gasteiger partial charge in [-0.2, -0.15) is 0 Å². The van der Waals surface area contributed by atoms with Crippen LogP contribution in [-0.4, -0.2) is 16.5 Å². The first kappa shape index (κ1) is 18.5. The van der Waals surface area contributed by atoms with Gasteiger partial charge in [0.1, 0.15) is 0 Å². The normalized spacial score (nSPS) is 12.2. The average Bonchev–Trinajstić information content (AvgIpc) is 3.36. The number of aromatic nitrogens is 1. The first-order valence-electron chi connectivity index (χ1n) is 9.66. The van der Waals surface area contributed by atoms with Gasteiger partial charge in [0.05, 0.1) is 4.88 Å². The highest BCUT2D eigenvalue weighted by atomic mass is 32.1. The fraction of sp³-hybridized carbons (Fsp3) is 0.208. The van der Waals surface area contributed by atoms with Gasteiger partial charge >= 0.3 is 0 Å². The molecule has 1 N–H and O–H groups in total. The maximum absolute atomic E-state index is 12.2. The van der Waals surface area contributed by atoms with Crippen LogP contribution >= 0.6 is 11.3 Å². The highest BCUT2D eigenvalue weighted by molar-refractivity contribution is 7.12. The van der Waals surface area contributed by atoms with Crippen LogP contribution in [0.3, 0.4) is 0 Å². The quantitative estimate of drug-likeness (QED) is 0.445. The van der Waals surface area contributed by atoms with Gasteiger partial charge in [-0.25, -0.2) is 0 Å². The molecule has 142 valence electrons. The zero-order valence-electron chi connectivity index (χ0n) is 16.0. The Kier molecular flexibility index (Phi) is 5.58. The van der Waals surface area contributed by atoms with Crippen molar-refractivity contribution in [2.24, 2.45) is 0 Å². The molecule has 0 spiro atoms. The zero-order valence-corrected chi connectivity index (χ0v) is 16.8. The van der Waals surface area contributed by atoms with Gasteiger partial charge in [0.2, 0.25) is 0 Å². The van der Waals surface area contributed by atoms with E-state index in [1.807, 2.05) is 17.5 Å². The molecule has 2 aromatic heterocycles. The molecule has 0 aliphatic rings. The van der Waals surface area contributed by atoms with Crippen LogP contribution in [0, 0.1) is 0 Å². The molecule has 0 radical (unpaired) electrons. The minimum Gasteiger partial charge on any atom is -0.349 e. The van der Waals surface area contributed by atoms with Crippen molar-refractivity contribution in [2.75, 3.05) is 0 Å². The molecule has 28 heavy (non-hydrogen) atoms. The molecule has 4 rings (SSSR count). The summed E-state index contributed by atoms with van der Waals surface area (Å²) in [6.45, 7) is 2.95. The third-order valence-corrected chi connectivity index (χ3v) is 5.90. The standard InChI is InChI=1S/C24H24N2OS/c1-18(25-24(27)23-12-7-15-28-23)13-14-20-17-26(16-19-8-3-2-4-9-19)22-11-6-5-10-21(20)22/h2-12,15,17-18H,13-14,16H2,1H3,(H,25,27). The van der Waals surface area contributed by atoms with Crippen LogP contribution in [0.15, 0.2) is 78.3 Å². The van der Waals surface area contributed by atoms with Crippen molar-refractivity contribution in [3.8, 4) is 0 Å². The van der Waals surface area contributed by atoms with Crippen molar-refractivity contribution in [3.63, 3.8) is 0 Å². The summed E-state index contributed by atoms with van der Waals surface area (Å²) in [6, 6.07) is 23.0. The Morgan fingerprint density at radius 2 is 1.82 bits per heavy atom. The van der Waals surface area contributed by atoms with Crippen molar-refractivity contribution in [1.29, 1.82) is 0 Å². The van der Waals surface area contributed by atoms with E-state index >= 15 is 0 Å². The number of nitrogens with one attached hydrogen (secondary N) is 1. The first-order chi connectivity index (χ1) is 13.7. The summed E-state index contributed by atoms with van der Waals surface area (Å²) in [5, 5.41) is 6.34.